The van der Waals surface area contributed by atoms with Crippen molar-refractivity contribution in [3.63, 3.8) is 0 Å². The van der Waals surface area contributed by atoms with Crippen LogP contribution < -0.4 is 8.92 Å². The average molecular weight is 669 g/mol. The van der Waals surface area contributed by atoms with Gasteiger partial charge < -0.3 is 0 Å². The molecule has 3 fully saturated rings. The molecule has 0 bridgehead atoms. The molecule has 1 aliphatic carbocycles. The van der Waals surface area contributed by atoms with Crippen molar-refractivity contribution in [2.45, 2.75) is 54.2 Å². The summed E-state index contributed by atoms with van der Waals surface area (Å²) in [5.41, 5.74) is -1.87. The van der Waals surface area contributed by atoms with Crippen LogP contribution in [0.5, 0.6) is 0 Å². The van der Waals surface area contributed by atoms with Gasteiger partial charge in [-0.05, 0) is 0 Å². The summed E-state index contributed by atoms with van der Waals surface area (Å²) < 4.78 is 14.8. The Labute approximate surface area is 228 Å². The maximum atomic E-state index is 13.5. The monoisotopic (exact) mass is 670 g/mol. The summed E-state index contributed by atoms with van der Waals surface area (Å²) in [6.45, 7) is 6.66. The molecule has 3 aliphatic rings. The van der Waals surface area contributed by atoms with Gasteiger partial charge in [0.2, 0.25) is 0 Å². The van der Waals surface area contributed by atoms with Crippen LogP contribution in [0.2, 0.25) is 10.1 Å². The number of esters is 2. The van der Waals surface area contributed by atoms with Crippen molar-refractivity contribution in [3.05, 3.63) is 60.7 Å². The van der Waals surface area contributed by atoms with E-state index in [2.05, 4.69) is 79.2 Å². The van der Waals surface area contributed by atoms with Crippen molar-refractivity contribution < 1.29 is 19.1 Å². The number of fused-ring (bicyclic) bond motifs is 3. The average Bonchev–Trinajstić information content (AvgIpc) is 3.34. The molecule has 2 aliphatic heterocycles. The van der Waals surface area contributed by atoms with Gasteiger partial charge in [0.1, 0.15) is 0 Å². The Bertz CT molecular complexity index is 1100. The number of carbonyl (C=O) groups is 2. The number of carbonyl (C=O) groups excluding carboxylic acids is 2. The molecule has 5 rings (SSSR count). The Hall–Kier alpha value is -1.10. The van der Waals surface area contributed by atoms with Crippen molar-refractivity contribution in [1.29, 1.82) is 0 Å². The molecule has 1 saturated carbocycles. The molecule has 35 heavy (non-hydrogen) atoms. The number of alkyl halides is 1. The summed E-state index contributed by atoms with van der Waals surface area (Å²) in [5, 5.41) is 1.07. The predicted octanol–water partition coefficient (Wildman–Crippen LogP) is 3.93. The predicted molar refractivity (Wildman–Crippen MR) is 143 cm³/mol. The molecule has 0 spiro atoms. The summed E-state index contributed by atoms with van der Waals surface area (Å²) >= 11 is 4.26. The minimum atomic E-state index is -0.683. The second-order valence-electron chi connectivity index (χ2n) is 10.3. The number of halogens is 1. The van der Waals surface area contributed by atoms with Gasteiger partial charge in [0.15, 0.2) is 0 Å². The molecular formula is C28H31BrO4Se2. The first-order valence-corrected chi connectivity index (χ1v) is 17.0. The molecular weight excluding hydrogens is 638 g/mol. The molecule has 0 N–H and O–H groups in total. The maximum absolute atomic E-state index is 13.5. The number of hydrogen-bond donors (Lipinski definition) is 0. The summed E-state index contributed by atoms with van der Waals surface area (Å²) in [6, 6.07) is 20.9. The number of ether oxygens (including phenoxy) is 2. The fraction of sp³-hybridized carbons (Fsp3) is 0.500. The van der Waals surface area contributed by atoms with E-state index in [0.717, 1.165) is 18.2 Å². The van der Waals surface area contributed by atoms with Crippen LogP contribution in [0.3, 0.4) is 0 Å². The van der Waals surface area contributed by atoms with Crippen molar-refractivity contribution in [1.82, 2.24) is 0 Å². The van der Waals surface area contributed by atoms with Crippen molar-refractivity contribution in [2.75, 3.05) is 6.61 Å². The molecule has 0 aromatic heterocycles. The van der Waals surface area contributed by atoms with Gasteiger partial charge in [-0.2, -0.15) is 0 Å². The Morgan fingerprint density at radius 3 is 2.31 bits per heavy atom. The third kappa shape index (κ3) is 3.97. The van der Waals surface area contributed by atoms with Crippen LogP contribution in [-0.4, -0.2) is 58.9 Å². The van der Waals surface area contributed by atoms with Gasteiger partial charge in [-0.1, -0.05) is 0 Å². The molecule has 7 heteroatoms. The van der Waals surface area contributed by atoms with Gasteiger partial charge in [-0.3, -0.25) is 0 Å². The van der Waals surface area contributed by atoms with E-state index >= 15 is 0 Å². The van der Waals surface area contributed by atoms with E-state index in [9.17, 15) is 9.59 Å². The van der Waals surface area contributed by atoms with E-state index in [1.54, 1.807) is 0 Å². The Morgan fingerprint density at radius 2 is 1.66 bits per heavy atom. The molecule has 7 atom stereocenters. The second kappa shape index (κ2) is 9.65. The zero-order valence-corrected chi connectivity index (χ0v) is 25.3. The third-order valence-electron chi connectivity index (χ3n) is 8.83. The van der Waals surface area contributed by atoms with Crippen LogP contribution in [0.15, 0.2) is 60.7 Å². The number of cyclic esters (lactones) is 1. The van der Waals surface area contributed by atoms with Crippen LogP contribution in [0.1, 0.15) is 33.6 Å². The van der Waals surface area contributed by atoms with E-state index < -0.39 is 16.4 Å². The van der Waals surface area contributed by atoms with Crippen molar-refractivity contribution >= 4 is 66.7 Å². The van der Waals surface area contributed by atoms with Gasteiger partial charge in [0.05, 0.1) is 0 Å². The van der Waals surface area contributed by atoms with Crippen LogP contribution >= 0.6 is 15.9 Å². The molecule has 2 saturated heterocycles. The fourth-order valence-corrected chi connectivity index (χ4v) is 12.2. The zero-order chi connectivity index (χ0) is 24.8. The van der Waals surface area contributed by atoms with Gasteiger partial charge in [-0.15, -0.1) is 0 Å². The first kappa shape index (κ1) is 25.5. The van der Waals surface area contributed by atoms with Gasteiger partial charge >= 0.3 is 230 Å². The summed E-state index contributed by atoms with van der Waals surface area (Å²) in [4.78, 5) is 26.8. The first-order valence-electron chi connectivity index (χ1n) is 12.2. The van der Waals surface area contributed by atoms with Crippen molar-refractivity contribution in [2.24, 2.45) is 22.7 Å². The molecule has 2 aromatic carbocycles. The van der Waals surface area contributed by atoms with E-state index in [4.69, 9.17) is 9.47 Å². The minimum absolute atomic E-state index is 0.00634. The standard InChI is InChI=1S/C28H31BrO4Se2/c1-18-22-23(35-21-12-8-5-9-13-21)24(30)33-28(22,26(2)17-32-25(31)27(18,26)3)15-14-19(29)16-34-20-10-6-4-7-11-20/h4-13,18-19,22-23H,14-17H2,1-3H3/t18-,19?,22+,23+,26-,27+,28-/m1/s1. The quantitative estimate of drug-likeness (QED) is 0.243. The van der Waals surface area contributed by atoms with E-state index in [0.29, 0.717) is 26.4 Å². The second-order valence-corrected chi connectivity index (χ2v) is 16.5. The number of rotatable bonds is 8. The molecule has 2 aromatic rings. The van der Waals surface area contributed by atoms with Crippen LogP contribution in [0.25, 0.3) is 0 Å². The van der Waals surface area contributed by atoms with Crippen molar-refractivity contribution in [3.8, 4) is 0 Å². The Balaban J connectivity index is 1.42. The van der Waals surface area contributed by atoms with E-state index in [-0.39, 0.29) is 43.5 Å². The summed E-state index contributed by atoms with van der Waals surface area (Å²) in [6.07, 6.45) is 1.65. The SMILES string of the molecule is C[C@@H]1[C@H]2[C@H]([Se]c3ccccc3)C(=O)O[C@@]2(CCC(Br)C[Se]c2ccccc2)[C@]2(C)COC(=O)[C@]12C. The molecule has 186 valence electrons. The normalized spacial score (nSPS) is 36.4. The zero-order valence-electron chi connectivity index (χ0n) is 20.2. The number of benzene rings is 2. The topological polar surface area (TPSA) is 52.6 Å². The van der Waals surface area contributed by atoms with E-state index in [1.165, 1.54) is 8.92 Å². The molecule has 0 amide bonds. The fourth-order valence-electron chi connectivity index (χ4n) is 6.61. The third-order valence-corrected chi connectivity index (χ3v) is 15.7. The molecule has 2 heterocycles. The molecule has 1 unspecified atom stereocenters. The summed E-state index contributed by atoms with van der Waals surface area (Å²) in [7, 11) is 0. The molecule has 0 radical (unpaired) electrons. The first-order chi connectivity index (χ1) is 16.7. The van der Waals surface area contributed by atoms with E-state index in [1.807, 2.05) is 18.2 Å². The van der Waals surface area contributed by atoms with Gasteiger partial charge in [0.25, 0.3) is 0 Å². The van der Waals surface area contributed by atoms with Gasteiger partial charge in [-0.25, -0.2) is 0 Å². The van der Waals surface area contributed by atoms with Crippen LogP contribution in [0, 0.1) is 22.7 Å². The van der Waals surface area contributed by atoms with Crippen LogP contribution in [-0.2, 0) is 19.1 Å². The number of hydrogen-bond acceptors (Lipinski definition) is 4. The van der Waals surface area contributed by atoms with Gasteiger partial charge in [0, 0.05) is 0 Å². The summed E-state index contributed by atoms with van der Waals surface area (Å²) in [5.74, 6) is -0.205. The van der Waals surface area contributed by atoms with Crippen LogP contribution in [0.4, 0.5) is 0 Å². The molecule has 4 nitrogen and oxygen atoms in total. The Kier molecular flexibility index (Phi) is 7.04. The Morgan fingerprint density at radius 1 is 1.03 bits per heavy atom.